The Morgan fingerprint density at radius 3 is 2.29 bits per heavy atom. The Labute approximate surface area is 115 Å². The summed E-state index contributed by atoms with van der Waals surface area (Å²) >= 11 is 22.0. The van der Waals surface area contributed by atoms with Crippen LogP contribution in [-0.4, -0.2) is 9.97 Å². The Morgan fingerprint density at radius 2 is 1.64 bits per heavy atom. The summed E-state index contributed by atoms with van der Waals surface area (Å²) in [4.78, 5) is 7.19. The number of aromatic nitrogens is 2. The van der Waals surface area contributed by atoms with Gasteiger partial charge in [-0.15, -0.1) is 0 Å². The number of rotatable bonds is 0. The van der Waals surface area contributed by atoms with Crippen LogP contribution in [0.4, 0.5) is 0 Å². The fraction of sp³-hybridized carbons (Fsp3) is 0. The molecule has 0 saturated heterocycles. The first-order valence-corrected chi connectivity index (χ1v) is 6.53. The van der Waals surface area contributed by atoms with E-state index in [2.05, 4.69) is 57.8 Å². The molecule has 0 atom stereocenters. The van der Waals surface area contributed by atoms with Gasteiger partial charge in [-0.1, -0.05) is 23.2 Å². The van der Waals surface area contributed by atoms with Crippen LogP contribution in [-0.2, 0) is 0 Å². The predicted molar refractivity (Wildman–Crippen MR) is 69.2 cm³/mol. The third-order valence-electron chi connectivity index (χ3n) is 1.68. The van der Waals surface area contributed by atoms with Gasteiger partial charge in [0.15, 0.2) is 4.73 Å². The first-order valence-electron chi connectivity index (χ1n) is 3.39. The highest BCUT2D eigenvalue weighted by Gasteiger charge is 2.16. The zero-order valence-corrected chi connectivity index (χ0v) is 12.6. The topological polar surface area (TPSA) is 28.7 Å². The van der Waals surface area contributed by atoms with Gasteiger partial charge >= 0.3 is 0 Å². The molecule has 0 bridgehead atoms. The highest BCUT2D eigenvalue weighted by molar-refractivity contribution is 9.11. The summed E-state index contributed by atoms with van der Waals surface area (Å²) in [6.45, 7) is 0. The SMILES string of the molecule is Clc1c(Br)c(Cl)c2nc(Br)[nH]c2c1Br. The van der Waals surface area contributed by atoms with Crippen molar-refractivity contribution in [2.75, 3.05) is 0 Å². The van der Waals surface area contributed by atoms with Crippen molar-refractivity contribution in [3.05, 3.63) is 23.7 Å². The van der Waals surface area contributed by atoms with Gasteiger partial charge in [0.05, 0.1) is 24.5 Å². The van der Waals surface area contributed by atoms with Gasteiger partial charge in [0.25, 0.3) is 0 Å². The van der Waals surface area contributed by atoms with Gasteiger partial charge in [0.1, 0.15) is 5.52 Å². The molecular weight excluding hydrogens is 423 g/mol. The highest BCUT2D eigenvalue weighted by atomic mass is 79.9. The molecule has 1 aromatic heterocycles. The minimum Gasteiger partial charge on any atom is -0.331 e. The lowest BCUT2D eigenvalue weighted by atomic mass is 10.3. The summed E-state index contributed by atoms with van der Waals surface area (Å²) in [5, 5.41) is 1.02. The van der Waals surface area contributed by atoms with Gasteiger partial charge in [-0.2, -0.15) is 0 Å². The van der Waals surface area contributed by atoms with E-state index >= 15 is 0 Å². The second-order valence-electron chi connectivity index (χ2n) is 2.51. The van der Waals surface area contributed by atoms with Crippen LogP contribution < -0.4 is 0 Å². The number of halogens is 5. The van der Waals surface area contributed by atoms with Crippen LogP contribution in [0.2, 0.25) is 10.0 Å². The van der Waals surface area contributed by atoms with Crippen molar-refractivity contribution in [2.45, 2.75) is 0 Å². The minimum atomic E-state index is 0.496. The van der Waals surface area contributed by atoms with Crippen molar-refractivity contribution in [1.82, 2.24) is 9.97 Å². The Morgan fingerprint density at radius 1 is 1.00 bits per heavy atom. The van der Waals surface area contributed by atoms with Crippen molar-refractivity contribution < 1.29 is 0 Å². The monoisotopic (exact) mass is 420 g/mol. The zero-order chi connectivity index (χ0) is 10.5. The van der Waals surface area contributed by atoms with Crippen LogP contribution in [0, 0.1) is 0 Å². The summed E-state index contributed by atoms with van der Waals surface area (Å²) in [5.41, 5.74) is 1.44. The number of aromatic amines is 1. The lowest BCUT2D eigenvalue weighted by molar-refractivity contribution is 1.27. The smallest absolute Gasteiger partial charge is 0.175 e. The van der Waals surface area contributed by atoms with Gasteiger partial charge in [0.2, 0.25) is 0 Å². The molecular formula is C7HBr3Cl2N2. The van der Waals surface area contributed by atoms with Crippen molar-refractivity contribution in [2.24, 2.45) is 0 Å². The van der Waals surface area contributed by atoms with Crippen LogP contribution in [0.1, 0.15) is 0 Å². The van der Waals surface area contributed by atoms with Crippen LogP contribution in [0.5, 0.6) is 0 Å². The molecule has 2 nitrogen and oxygen atoms in total. The molecule has 74 valence electrons. The molecule has 7 heteroatoms. The molecule has 2 aromatic rings. The molecule has 0 unspecified atom stereocenters. The van der Waals surface area contributed by atoms with E-state index in [1.54, 1.807) is 0 Å². The molecule has 0 amide bonds. The summed E-state index contributed by atoms with van der Waals surface area (Å²) in [6.07, 6.45) is 0. The maximum atomic E-state index is 6.06. The largest absolute Gasteiger partial charge is 0.331 e. The van der Waals surface area contributed by atoms with Gasteiger partial charge in [-0.3, -0.25) is 0 Å². The molecule has 2 rings (SSSR count). The number of imidazole rings is 1. The van der Waals surface area contributed by atoms with Crippen LogP contribution in [0.15, 0.2) is 13.7 Å². The normalized spacial score (nSPS) is 11.2. The molecule has 0 fully saturated rings. The van der Waals surface area contributed by atoms with Crippen molar-refractivity contribution >= 4 is 82.0 Å². The van der Waals surface area contributed by atoms with E-state index in [0.717, 1.165) is 9.99 Å². The number of nitrogens with zero attached hydrogens (tertiary/aromatic N) is 1. The third-order valence-corrected chi connectivity index (χ3v) is 5.07. The van der Waals surface area contributed by atoms with Crippen molar-refractivity contribution in [3.63, 3.8) is 0 Å². The molecule has 0 radical (unpaired) electrons. The Hall–Kier alpha value is 0.710. The quantitative estimate of drug-likeness (QED) is 0.460. The molecule has 1 heterocycles. The first kappa shape index (κ1) is 11.2. The van der Waals surface area contributed by atoms with Gasteiger partial charge in [-0.05, 0) is 47.8 Å². The van der Waals surface area contributed by atoms with Crippen LogP contribution in [0.3, 0.4) is 0 Å². The standard InChI is InChI=1S/C7HBr3Cl2N2/c8-1-3(11)2(9)5-6(4(1)12)14-7(10)13-5/h(H,13,14). The summed E-state index contributed by atoms with van der Waals surface area (Å²) in [7, 11) is 0. The molecule has 0 saturated carbocycles. The van der Waals surface area contributed by atoms with Crippen LogP contribution >= 0.6 is 71.0 Å². The Bertz CT molecular complexity index is 478. The zero-order valence-electron chi connectivity index (χ0n) is 6.34. The second-order valence-corrected chi connectivity index (χ2v) is 5.60. The number of nitrogens with one attached hydrogen (secondary N) is 1. The molecule has 1 aromatic carbocycles. The van der Waals surface area contributed by atoms with Gasteiger partial charge in [-0.25, -0.2) is 4.98 Å². The van der Waals surface area contributed by atoms with Gasteiger partial charge < -0.3 is 4.98 Å². The maximum Gasteiger partial charge on any atom is 0.175 e. The van der Waals surface area contributed by atoms with Crippen molar-refractivity contribution in [3.8, 4) is 0 Å². The number of fused-ring (bicyclic) bond motifs is 1. The average molecular weight is 424 g/mol. The van der Waals surface area contributed by atoms with E-state index in [1.807, 2.05) is 0 Å². The molecule has 14 heavy (non-hydrogen) atoms. The first-order chi connectivity index (χ1) is 6.52. The Kier molecular flexibility index (Phi) is 3.15. The number of benzene rings is 1. The van der Waals surface area contributed by atoms with E-state index in [0.29, 0.717) is 24.8 Å². The van der Waals surface area contributed by atoms with E-state index in [-0.39, 0.29) is 0 Å². The molecule has 0 aliphatic rings. The number of hydrogen-bond acceptors (Lipinski definition) is 1. The summed E-state index contributed by atoms with van der Waals surface area (Å²) in [5.74, 6) is 0. The fourth-order valence-corrected chi connectivity index (χ4v) is 3.05. The number of H-pyrrole nitrogens is 1. The second kappa shape index (κ2) is 3.94. The van der Waals surface area contributed by atoms with Crippen LogP contribution in [0.25, 0.3) is 11.0 Å². The van der Waals surface area contributed by atoms with E-state index in [9.17, 15) is 0 Å². The van der Waals surface area contributed by atoms with Crippen molar-refractivity contribution in [1.29, 1.82) is 0 Å². The lowest BCUT2D eigenvalue weighted by Crippen LogP contribution is -1.80. The fourth-order valence-electron chi connectivity index (χ4n) is 1.07. The predicted octanol–water partition coefficient (Wildman–Crippen LogP) is 5.16. The van der Waals surface area contributed by atoms with Gasteiger partial charge in [0, 0.05) is 0 Å². The summed E-state index contributed by atoms with van der Waals surface area (Å²) < 4.78 is 1.99. The lowest BCUT2D eigenvalue weighted by Gasteiger charge is -2.03. The number of hydrogen-bond donors (Lipinski definition) is 1. The average Bonchev–Trinajstić information content (AvgIpc) is 2.54. The van der Waals surface area contributed by atoms with E-state index < -0.39 is 0 Å². The molecule has 0 spiro atoms. The molecule has 0 aliphatic carbocycles. The highest BCUT2D eigenvalue weighted by Crippen LogP contribution is 2.42. The summed E-state index contributed by atoms with van der Waals surface area (Å²) in [6, 6.07) is 0. The van der Waals surface area contributed by atoms with E-state index in [4.69, 9.17) is 23.2 Å². The minimum absolute atomic E-state index is 0.496. The molecule has 0 aliphatic heterocycles. The molecule has 1 N–H and O–H groups in total. The Balaban J connectivity index is 3.01. The van der Waals surface area contributed by atoms with E-state index in [1.165, 1.54) is 0 Å². The third kappa shape index (κ3) is 1.63. The maximum absolute atomic E-state index is 6.06.